The number of carboxylic acids is 2. The smallest absolute Gasteiger partial charge is 0.339 e. The molecule has 0 aliphatic heterocycles. The number of phenols is 2. The van der Waals surface area contributed by atoms with Crippen molar-refractivity contribution in [1.82, 2.24) is 0 Å². The van der Waals surface area contributed by atoms with Crippen LogP contribution in [0.3, 0.4) is 0 Å². The number of aromatic hydroxyl groups is 2. The summed E-state index contributed by atoms with van der Waals surface area (Å²) >= 11 is 6.53. The average Bonchev–Trinajstić information content (AvgIpc) is 2.91. The number of rotatable bonds is 6. The van der Waals surface area contributed by atoms with E-state index in [1.165, 1.54) is 61.0 Å². The molecule has 41 heavy (non-hydrogen) atoms. The normalized spacial score (nSPS) is 15.8. The Morgan fingerprint density at radius 3 is 1.37 bits per heavy atom. The Morgan fingerprint density at radius 2 is 1.02 bits per heavy atom. The van der Waals surface area contributed by atoms with Crippen molar-refractivity contribution in [3.05, 3.63) is 116 Å². The second-order valence-corrected chi connectivity index (χ2v) is 9.85. The van der Waals surface area contributed by atoms with Gasteiger partial charge >= 0.3 is 11.9 Å². The van der Waals surface area contributed by atoms with E-state index in [1.807, 2.05) is 0 Å². The van der Waals surface area contributed by atoms with Gasteiger partial charge in [0.05, 0.1) is 0 Å². The molecule has 0 atom stereocenters. The van der Waals surface area contributed by atoms with Crippen LogP contribution in [-0.2, 0) is 26.7 Å². The van der Waals surface area contributed by atoms with E-state index in [2.05, 4.69) is 42.5 Å². The zero-order valence-corrected chi connectivity index (χ0v) is 24.7. The van der Waals surface area contributed by atoms with Crippen molar-refractivity contribution < 1.29 is 56.7 Å². The number of nitrogens with one attached hydrogen (secondary N) is 2. The molecule has 2 aromatic carbocycles. The molecule has 1 radical (unpaired) electrons. The van der Waals surface area contributed by atoms with Gasteiger partial charge in [-0.1, -0.05) is 31.9 Å². The maximum atomic E-state index is 11.6. The van der Waals surface area contributed by atoms with Crippen LogP contribution in [0.15, 0.2) is 105 Å². The Bertz CT molecular complexity index is 1470. The third kappa shape index (κ3) is 9.47. The van der Waals surface area contributed by atoms with Crippen LogP contribution in [0.2, 0.25) is 0 Å². The Labute approximate surface area is 260 Å². The maximum absolute atomic E-state index is 11.6. The van der Waals surface area contributed by atoms with Gasteiger partial charge in [-0.2, -0.15) is 0 Å². The van der Waals surface area contributed by atoms with Gasteiger partial charge in [0, 0.05) is 61.0 Å². The van der Waals surface area contributed by atoms with E-state index in [4.69, 9.17) is 10.2 Å². The van der Waals surface area contributed by atoms with E-state index >= 15 is 0 Å². The van der Waals surface area contributed by atoms with Gasteiger partial charge in [-0.15, -0.1) is 0 Å². The summed E-state index contributed by atoms with van der Waals surface area (Å²) in [6, 6.07) is 8.16. The van der Waals surface area contributed by atoms with Gasteiger partial charge in [-0.05, 0) is 72.9 Å². The number of carbonyl (C=O) groups excluding carboxylic acids is 2. The van der Waals surface area contributed by atoms with E-state index in [1.54, 1.807) is 24.3 Å². The first kappa shape index (κ1) is 33.0. The number of hydrogen-bond donors (Lipinski definition) is 6. The summed E-state index contributed by atoms with van der Waals surface area (Å²) in [6.07, 6.45) is 12.4. The number of hydrogen-bond acceptors (Lipinski definition) is 8. The molecule has 0 amide bonds. The Hall–Kier alpha value is -4.16. The van der Waals surface area contributed by atoms with Crippen LogP contribution < -0.4 is 10.6 Å². The minimum absolute atomic E-state index is 0. The van der Waals surface area contributed by atoms with E-state index in [0.717, 1.165) is 8.96 Å². The second kappa shape index (κ2) is 15.0. The van der Waals surface area contributed by atoms with Crippen molar-refractivity contribution in [1.29, 1.82) is 0 Å². The molecule has 2 aliphatic rings. The third-order valence-corrected chi connectivity index (χ3v) is 6.17. The summed E-state index contributed by atoms with van der Waals surface area (Å²) in [5.41, 5.74) is 1.37. The molecule has 10 nitrogen and oxygen atoms in total. The molecular weight excluding hydrogens is 716 g/mol. The summed E-state index contributed by atoms with van der Waals surface area (Å²) in [5.74, 6) is -3.38. The van der Waals surface area contributed by atoms with Gasteiger partial charge in [0.25, 0.3) is 0 Å². The Morgan fingerprint density at radius 1 is 0.659 bits per heavy atom. The first-order valence-corrected chi connectivity index (χ1v) is 12.8. The molecule has 0 unspecified atom stereocenters. The summed E-state index contributed by atoms with van der Waals surface area (Å²) in [6.45, 7) is 0. The molecule has 2 aromatic rings. The topological polar surface area (TPSA) is 173 Å². The van der Waals surface area contributed by atoms with Gasteiger partial charge in [-0.25, -0.2) is 9.59 Å². The zero-order chi connectivity index (χ0) is 29.4. The maximum Gasteiger partial charge on any atom is 0.339 e. The van der Waals surface area contributed by atoms with E-state index in [9.17, 15) is 29.4 Å². The molecule has 0 heterocycles. The first-order valence-electron chi connectivity index (χ1n) is 11.2. The SMILES string of the molecule is O=C1C=CC(Br)=C/C1=C/Nc1ccc(O)c(C(=O)O)c1.O=C1C=CC(Br)=C/C1=C\Nc1ccc(O)c(C(=O)O)c1.[Cu]. The molecule has 0 saturated carbocycles. The average molecular weight is 736 g/mol. The van der Waals surface area contributed by atoms with Crippen LogP contribution in [0, 0.1) is 0 Å². The van der Waals surface area contributed by atoms with Gasteiger partial charge < -0.3 is 31.1 Å². The number of ketones is 2. The van der Waals surface area contributed by atoms with Crippen molar-refractivity contribution in [3.8, 4) is 11.5 Å². The fraction of sp³-hybridized carbons (Fsp3) is 0. The fourth-order valence-corrected chi connectivity index (χ4v) is 3.94. The minimum atomic E-state index is -1.22. The van der Waals surface area contributed by atoms with Crippen LogP contribution in [0.4, 0.5) is 11.4 Å². The largest absolute Gasteiger partial charge is 0.507 e. The second-order valence-electron chi connectivity index (χ2n) is 8.02. The molecule has 0 aromatic heterocycles. The van der Waals surface area contributed by atoms with Gasteiger partial charge in [0.2, 0.25) is 0 Å². The standard InChI is InChI=1S/2C14H10BrNO4.Cu/c2*15-9-1-3-12(17)8(5-9)7-16-10-2-4-13(18)11(6-10)14(19)20;/h2*1-7,16,18H,(H,19,20);/b8-7+;8-7-;. The Balaban J connectivity index is 0.000000280. The first-order chi connectivity index (χ1) is 18.9. The van der Waals surface area contributed by atoms with Crippen molar-refractivity contribution in [3.63, 3.8) is 0 Å². The van der Waals surface area contributed by atoms with E-state index in [0.29, 0.717) is 22.5 Å². The van der Waals surface area contributed by atoms with Crippen LogP contribution in [0.1, 0.15) is 20.7 Å². The molecule has 0 bridgehead atoms. The molecule has 6 N–H and O–H groups in total. The van der Waals surface area contributed by atoms with E-state index in [-0.39, 0.29) is 51.3 Å². The van der Waals surface area contributed by atoms with Crippen molar-refractivity contribution in [2.75, 3.05) is 10.6 Å². The molecule has 215 valence electrons. The molecule has 2 aliphatic carbocycles. The van der Waals surface area contributed by atoms with Crippen LogP contribution in [0.5, 0.6) is 11.5 Å². The number of anilines is 2. The number of halogens is 2. The van der Waals surface area contributed by atoms with Crippen LogP contribution in [-0.4, -0.2) is 43.9 Å². The molecular formula is C28H20Br2CuN2O8. The van der Waals surface area contributed by atoms with Gasteiger partial charge in [-0.3, -0.25) is 9.59 Å². The zero-order valence-electron chi connectivity index (χ0n) is 20.6. The number of carbonyl (C=O) groups is 4. The third-order valence-electron chi connectivity index (χ3n) is 5.19. The van der Waals surface area contributed by atoms with Crippen LogP contribution >= 0.6 is 31.9 Å². The predicted octanol–water partition coefficient (Wildman–Crippen LogP) is 5.61. The van der Waals surface area contributed by atoms with Crippen LogP contribution in [0.25, 0.3) is 0 Å². The minimum Gasteiger partial charge on any atom is -0.507 e. The summed E-state index contributed by atoms with van der Waals surface area (Å²) < 4.78 is 1.53. The summed E-state index contributed by atoms with van der Waals surface area (Å²) in [5, 5.41) is 42.3. The molecule has 0 spiro atoms. The van der Waals surface area contributed by atoms with E-state index < -0.39 is 11.9 Å². The molecule has 0 saturated heterocycles. The number of allylic oxidation sites excluding steroid dienone is 10. The van der Waals surface area contributed by atoms with Gasteiger partial charge in [0.1, 0.15) is 22.6 Å². The summed E-state index contributed by atoms with van der Waals surface area (Å²) in [4.78, 5) is 45.0. The number of aromatic carboxylic acids is 2. The Kier molecular flexibility index (Phi) is 12.1. The van der Waals surface area contributed by atoms with Gasteiger partial charge in [0.15, 0.2) is 11.6 Å². The summed E-state index contributed by atoms with van der Waals surface area (Å²) in [7, 11) is 0. The quantitative estimate of drug-likeness (QED) is 0.125. The monoisotopic (exact) mass is 733 g/mol. The number of carboxylic acid groups (broad SMARTS) is 2. The van der Waals surface area contributed by atoms with Crippen molar-refractivity contribution in [2.45, 2.75) is 0 Å². The molecule has 4 rings (SSSR count). The molecule has 0 fully saturated rings. The number of benzene rings is 2. The fourth-order valence-electron chi connectivity index (χ4n) is 3.18. The van der Waals surface area contributed by atoms with Crippen molar-refractivity contribution >= 4 is 66.7 Å². The molecule has 13 heteroatoms. The predicted molar refractivity (Wildman–Crippen MR) is 156 cm³/mol. The van der Waals surface area contributed by atoms with Crippen molar-refractivity contribution in [2.24, 2.45) is 0 Å².